The minimum absolute atomic E-state index is 0.0684. The summed E-state index contributed by atoms with van der Waals surface area (Å²) in [5.74, 6) is 1.64. The molecule has 3 aromatic heterocycles. The van der Waals surface area contributed by atoms with Gasteiger partial charge in [-0.2, -0.15) is 9.78 Å². The number of anilines is 1. The van der Waals surface area contributed by atoms with Crippen LogP contribution in [0.4, 0.5) is 5.82 Å². The lowest BCUT2D eigenvalue weighted by Crippen LogP contribution is -2.20. The lowest BCUT2D eigenvalue weighted by molar-refractivity contribution is -0.117. The van der Waals surface area contributed by atoms with Crippen LogP contribution in [-0.4, -0.2) is 25.7 Å². The minimum atomic E-state index is -0.220. The van der Waals surface area contributed by atoms with Crippen molar-refractivity contribution in [1.82, 2.24) is 19.7 Å². The van der Waals surface area contributed by atoms with Crippen LogP contribution >= 0.6 is 11.3 Å². The predicted molar refractivity (Wildman–Crippen MR) is 94.7 cm³/mol. The third kappa shape index (κ3) is 3.35. The Kier molecular flexibility index (Phi) is 4.44. The molecule has 1 N–H and O–H groups in total. The molecule has 0 radical (unpaired) electrons. The highest BCUT2D eigenvalue weighted by Crippen LogP contribution is 2.23. The molecule has 0 saturated carbocycles. The number of hydrogen-bond donors (Lipinski definition) is 1. The molecular weight excluding hydrogens is 322 g/mol. The molecule has 124 valence electrons. The number of nitrogens with one attached hydrogen (secondary N) is 1. The van der Waals surface area contributed by atoms with Crippen molar-refractivity contribution in [2.24, 2.45) is 0 Å². The Morgan fingerprint density at radius 1 is 1.21 bits per heavy atom. The summed E-state index contributed by atoms with van der Waals surface area (Å²) in [5.41, 5.74) is 1.66. The van der Waals surface area contributed by atoms with Crippen LogP contribution in [-0.2, 0) is 4.79 Å². The van der Waals surface area contributed by atoms with E-state index in [-0.39, 0.29) is 11.8 Å². The van der Waals surface area contributed by atoms with Gasteiger partial charge in [-0.15, -0.1) is 11.3 Å². The quantitative estimate of drug-likeness (QED) is 0.789. The first kappa shape index (κ1) is 16.3. The van der Waals surface area contributed by atoms with Gasteiger partial charge in [0.1, 0.15) is 11.6 Å². The molecule has 0 aliphatic carbocycles. The highest BCUT2D eigenvalue weighted by Gasteiger charge is 2.19. The van der Waals surface area contributed by atoms with Crippen molar-refractivity contribution in [3.8, 4) is 5.82 Å². The second-order valence-electron chi connectivity index (χ2n) is 5.72. The minimum Gasteiger partial charge on any atom is -0.310 e. The monoisotopic (exact) mass is 341 g/mol. The van der Waals surface area contributed by atoms with Gasteiger partial charge in [-0.3, -0.25) is 4.79 Å². The normalized spacial score (nSPS) is 12.2. The number of carbonyl (C=O) groups excluding carboxylic acids is 1. The molecular formula is C17H19N5OS. The van der Waals surface area contributed by atoms with Crippen molar-refractivity contribution in [3.05, 3.63) is 51.7 Å². The number of thiophene rings is 1. The van der Waals surface area contributed by atoms with Crippen LogP contribution in [0.25, 0.3) is 5.82 Å². The van der Waals surface area contributed by atoms with Gasteiger partial charge in [-0.05, 0) is 39.1 Å². The highest BCUT2D eigenvalue weighted by molar-refractivity contribution is 7.10. The van der Waals surface area contributed by atoms with Gasteiger partial charge in [-0.1, -0.05) is 6.07 Å². The number of hydrogen-bond acceptors (Lipinski definition) is 5. The zero-order valence-corrected chi connectivity index (χ0v) is 14.9. The van der Waals surface area contributed by atoms with Crippen molar-refractivity contribution in [3.63, 3.8) is 0 Å². The van der Waals surface area contributed by atoms with E-state index in [0.717, 1.165) is 16.3 Å². The molecule has 7 heteroatoms. The van der Waals surface area contributed by atoms with Crippen LogP contribution in [0.5, 0.6) is 0 Å². The molecule has 6 nitrogen and oxygen atoms in total. The largest absolute Gasteiger partial charge is 0.310 e. The van der Waals surface area contributed by atoms with E-state index in [0.29, 0.717) is 17.5 Å². The number of carbonyl (C=O) groups is 1. The van der Waals surface area contributed by atoms with Crippen molar-refractivity contribution >= 4 is 23.1 Å². The van der Waals surface area contributed by atoms with Gasteiger partial charge < -0.3 is 5.32 Å². The molecule has 0 fully saturated rings. The second kappa shape index (κ2) is 6.52. The first-order valence-corrected chi connectivity index (χ1v) is 8.55. The molecule has 24 heavy (non-hydrogen) atoms. The zero-order chi connectivity index (χ0) is 17.3. The second-order valence-corrected chi connectivity index (χ2v) is 6.70. The molecule has 0 aromatic carbocycles. The number of aromatic nitrogens is 4. The fourth-order valence-corrected chi connectivity index (χ4v) is 3.25. The average Bonchev–Trinajstić information content (AvgIpc) is 3.15. The van der Waals surface area contributed by atoms with E-state index < -0.39 is 0 Å². The number of nitrogens with zero attached hydrogens (tertiary/aromatic N) is 4. The summed E-state index contributed by atoms with van der Waals surface area (Å²) < 4.78 is 1.65. The van der Waals surface area contributed by atoms with Gasteiger partial charge in [0.2, 0.25) is 5.91 Å². The van der Waals surface area contributed by atoms with E-state index in [1.165, 1.54) is 0 Å². The maximum absolute atomic E-state index is 12.6. The van der Waals surface area contributed by atoms with E-state index in [1.54, 1.807) is 16.0 Å². The average molecular weight is 341 g/mol. The molecule has 3 aromatic rings. The van der Waals surface area contributed by atoms with E-state index in [4.69, 9.17) is 0 Å². The van der Waals surface area contributed by atoms with Crippen molar-refractivity contribution in [1.29, 1.82) is 0 Å². The molecule has 0 bridgehead atoms. The predicted octanol–water partition coefficient (Wildman–Crippen LogP) is 3.39. The lowest BCUT2D eigenvalue weighted by Gasteiger charge is -2.12. The standard InChI is InChI=1S/C17H19N5OS/c1-10-8-15(19-13(4)18-10)22-16(9-11(2)21-22)20-17(23)12(3)14-6-5-7-24-14/h5-9,12H,1-4H3,(H,20,23). The Labute approximate surface area is 144 Å². The van der Waals surface area contributed by atoms with E-state index >= 15 is 0 Å². The molecule has 3 rings (SSSR count). The Morgan fingerprint density at radius 3 is 2.67 bits per heavy atom. The number of amides is 1. The molecule has 0 aliphatic rings. The molecule has 1 atom stereocenters. The smallest absolute Gasteiger partial charge is 0.233 e. The van der Waals surface area contributed by atoms with Crippen molar-refractivity contribution < 1.29 is 4.79 Å². The van der Waals surface area contributed by atoms with Gasteiger partial charge in [-0.25, -0.2) is 9.97 Å². The van der Waals surface area contributed by atoms with E-state index in [9.17, 15) is 4.79 Å². The SMILES string of the molecule is Cc1cc(-n2nc(C)cc2NC(=O)C(C)c2cccs2)nc(C)n1. The van der Waals surface area contributed by atoms with Gasteiger partial charge in [0.05, 0.1) is 11.6 Å². The third-order valence-electron chi connectivity index (χ3n) is 3.62. The summed E-state index contributed by atoms with van der Waals surface area (Å²) in [7, 11) is 0. The van der Waals surface area contributed by atoms with Crippen LogP contribution in [0.3, 0.4) is 0 Å². The summed E-state index contributed by atoms with van der Waals surface area (Å²) in [6.45, 7) is 7.53. The maximum Gasteiger partial charge on any atom is 0.233 e. The number of rotatable bonds is 4. The summed E-state index contributed by atoms with van der Waals surface area (Å²) >= 11 is 1.58. The highest BCUT2D eigenvalue weighted by atomic mass is 32.1. The molecule has 1 unspecified atom stereocenters. The Bertz CT molecular complexity index is 849. The molecule has 0 saturated heterocycles. The molecule has 0 spiro atoms. The van der Waals surface area contributed by atoms with Crippen molar-refractivity contribution in [2.75, 3.05) is 5.32 Å². The van der Waals surface area contributed by atoms with Gasteiger partial charge in [0.25, 0.3) is 0 Å². The first-order valence-electron chi connectivity index (χ1n) is 7.67. The van der Waals surface area contributed by atoms with Gasteiger partial charge >= 0.3 is 0 Å². The molecule has 3 heterocycles. The summed E-state index contributed by atoms with van der Waals surface area (Å²) in [4.78, 5) is 22.3. The first-order chi connectivity index (χ1) is 11.4. The van der Waals surface area contributed by atoms with Crippen LogP contribution in [0.2, 0.25) is 0 Å². The van der Waals surface area contributed by atoms with Crippen LogP contribution in [0.1, 0.15) is 34.9 Å². The lowest BCUT2D eigenvalue weighted by atomic mass is 10.1. The Hall–Kier alpha value is -2.54. The van der Waals surface area contributed by atoms with Crippen LogP contribution in [0, 0.1) is 20.8 Å². The van der Waals surface area contributed by atoms with Gasteiger partial charge in [0.15, 0.2) is 5.82 Å². The third-order valence-corrected chi connectivity index (χ3v) is 4.67. The van der Waals surface area contributed by atoms with Gasteiger partial charge in [0, 0.05) is 22.7 Å². The Balaban J connectivity index is 1.90. The van der Waals surface area contributed by atoms with Crippen LogP contribution < -0.4 is 5.32 Å². The van der Waals surface area contributed by atoms with E-state index in [2.05, 4.69) is 20.4 Å². The molecule has 0 aliphatic heterocycles. The van der Waals surface area contributed by atoms with Crippen molar-refractivity contribution in [2.45, 2.75) is 33.6 Å². The Morgan fingerprint density at radius 2 is 2.00 bits per heavy atom. The van der Waals surface area contributed by atoms with Crippen LogP contribution in [0.15, 0.2) is 29.6 Å². The zero-order valence-electron chi connectivity index (χ0n) is 14.1. The summed E-state index contributed by atoms with van der Waals surface area (Å²) in [6, 6.07) is 7.60. The maximum atomic E-state index is 12.6. The summed E-state index contributed by atoms with van der Waals surface area (Å²) in [5, 5.41) is 9.39. The topological polar surface area (TPSA) is 72.7 Å². The fraction of sp³-hybridized carbons (Fsp3) is 0.294. The fourth-order valence-electron chi connectivity index (χ4n) is 2.47. The summed E-state index contributed by atoms with van der Waals surface area (Å²) in [6.07, 6.45) is 0. The van der Waals surface area contributed by atoms with E-state index in [1.807, 2.05) is 57.3 Å². The number of aryl methyl sites for hydroxylation is 3. The molecule has 1 amide bonds.